The highest BCUT2D eigenvalue weighted by Gasteiger charge is 2.24. The molecule has 0 saturated carbocycles. The summed E-state index contributed by atoms with van der Waals surface area (Å²) in [6, 6.07) is 17.7. The molecule has 1 aliphatic rings. The standard InChI is InChI=1S/C23H21ClN4O2/c1-29-21-8-3-2-5-17(21)9-10-22-26-20(16-25)23(30-22)28-13-11-27(12-14-28)19-7-4-6-18(24)15-19/h2-10,15H,11-14H2,1H3/b10-9+. The molecule has 1 saturated heterocycles. The average molecular weight is 421 g/mol. The zero-order chi connectivity index (χ0) is 20.9. The summed E-state index contributed by atoms with van der Waals surface area (Å²) in [7, 11) is 1.63. The number of hydrogen-bond donors (Lipinski definition) is 0. The van der Waals surface area contributed by atoms with E-state index in [1.165, 1.54) is 0 Å². The van der Waals surface area contributed by atoms with E-state index in [0.717, 1.165) is 48.2 Å². The molecule has 2 heterocycles. The number of nitriles is 1. The maximum Gasteiger partial charge on any atom is 0.235 e. The van der Waals surface area contributed by atoms with Crippen LogP contribution in [0.15, 0.2) is 52.9 Å². The number of piperazine rings is 1. The van der Waals surface area contributed by atoms with Crippen LogP contribution in [0.1, 0.15) is 17.1 Å². The van der Waals surface area contributed by atoms with E-state index in [1.54, 1.807) is 13.2 Å². The molecule has 0 radical (unpaired) electrons. The van der Waals surface area contributed by atoms with Crippen molar-refractivity contribution in [1.29, 1.82) is 5.26 Å². The topological polar surface area (TPSA) is 65.5 Å². The van der Waals surface area contributed by atoms with E-state index in [0.29, 0.717) is 17.5 Å². The van der Waals surface area contributed by atoms with Crippen LogP contribution in [-0.4, -0.2) is 38.3 Å². The van der Waals surface area contributed by atoms with Crippen LogP contribution in [-0.2, 0) is 0 Å². The highest BCUT2D eigenvalue weighted by atomic mass is 35.5. The summed E-state index contributed by atoms with van der Waals surface area (Å²) in [5.74, 6) is 1.67. The molecular weight excluding hydrogens is 400 g/mol. The fraction of sp³-hybridized carbons (Fsp3) is 0.217. The first kappa shape index (κ1) is 19.9. The van der Waals surface area contributed by atoms with E-state index in [2.05, 4.69) is 26.9 Å². The summed E-state index contributed by atoms with van der Waals surface area (Å²) < 4.78 is 11.3. The Balaban J connectivity index is 1.48. The minimum Gasteiger partial charge on any atom is -0.496 e. The number of halogens is 1. The van der Waals surface area contributed by atoms with Crippen molar-refractivity contribution in [3.05, 3.63) is 70.7 Å². The maximum absolute atomic E-state index is 9.52. The lowest BCUT2D eigenvalue weighted by atomic mass is 10.2. The molecule has 0 N–H and O–H groups in total. The van der Waals surface area contributed by atoms with Crippen LogP contribution < -0.4 is 14.5 Å². The van der Waals surface area contributed by atoms with Gasteiger partial charge in [0.05, 0.1) is 7.11 Å². The molecule has 0 spiro atoms. The second-order valence-electron chi connectivity index (χ2n) is 6.85. The van der Waals surface area contributed by atoms with Crippen LogP contribution in [0.5, 0.6) is 5.75 Å². The van der Waals surface area contributed by atoms with Crippen LogP contribution in [0.25, 0.3) is 12.2 Å². The lowest BCUT2D eigenvalue weighted by Gasteiger charge is -2.35. The predicted molar refractivity (Wildman–Crippen MR) is 119 cm³/mol. The van der Waals surface area contributed by atoms with E-state index < -0.39 is 0 Å². The third-order valence-electron chi connectivity index (χ3n) is 5.02. The van der Waals surface area contributed by atoms with E-state index in [-0.39, 0.29) is 0 Å². The summed E-state index contributed by atoms with van der Waals surface area (Å²) in [5, 5.41) is 10.2. The summed E-state index contributed by atoms with van der Waals surface area (Å²) in [5.41, 5.74) is 2.31. The predicted octanol–water partition coefficient (Wildman–Crippen LogP) is 4.71. The average Bonchev–Trinajstić information content (AvgIpc) is 3.21. The summed E-state index contributed by atoms with van der Waals surface area (Å²) in [4.78, 5) is 8.67. The molecule has 0 atom stereocenters. The molecule has 6 nitrogen and oxygen atoms in total. The maximum atomic E-state index is 9.52. The monoisotopic (exact) mass is 420 g/mol. The fourth-order valence-electron chi connectivity index (χ4n) is 3.49. The van der Waals surface area contributed by atoms with Gasteiger partial charge in [-0.1, -0.05) is 35.9 Å². The van der Waals surface area contributed by atoms with Gasteiger partial charge in [-0.3, -0.25) is 0 Å². The minimum atomic E-state index is 0.297. The molecule has 0 aliphatic carbocycles. The third kappa shape index (κ3) is 4.27. The quantitative estimate of drug-likeness (QED) is 0.595. The molecule has 152 valence electrons. The number of ether oxygens (including phenoxy) is 1. The first-order valence-corrected chi connectivity index (χ1v) is 10.0. The number of nitrogens with zero attached hydrogens (tertiary/aromatic N) is 4. The first-order chi connectivity index (χ1) is 14.7. The smallest absolute Gasteiger partial charge is 0.235 e. The van der Waals surface area contributed by atoms with Gasteiger partial charge in [0.15, 0.2) is 0 Å². The molecule has 0 unspecified atom stereocenters. The second kappa shape index (κ2) is 8.93. The van der Waals surface area contributed by atoms with E-state index in [4.69, 9.17) is 20.8 Å². The Hall–Kier alpha value is -3.43. The number of benzene rings is 2. The number of anilines is 2. The van der Waals surface area contributed by atoms with Gasteiger partial charge in [0, 0.05) is 48.5 Å². The molecule has 7 heteroatoms. The van der Waals surface area contributed by atoms with Gasteiger partial charge >= 0.3 is 0 Å². The number of oxazole rings is 1. The second-order valence-corrected chi connectivity index (χ2v) is 7.28. The van der Waals surface area contributed by atoms with Gasteiger partial charge in [-0.15, -0.1) is 0 Å². The molecule has 2 aromatic carbocycles. The molecule has 1 aliphatic heterocycles. The Bertz CT molecular complexity index is 1090. The Kier molecular flexibility index (Phi) is 5.92. The number of hydrogen-bond acceptors (Lipinski definition) is 6. The molecular formula is C23H21ClN4O2. The molecule has 3 aromatic rings. The lowest BCUT2D eigenvalue weighted by Crippen LogP contribution is -2.46. The van der Waals surface area contributed by atoms with Gasteiger partial charge in [-0.25, -0.2) is 0 Å². The van der Waals surface area contributed by atoms with Gasteiger partial charge in [0.25, 0.3) is 0 Å². The van der Waals surface area contributed by atoms with Crippen molar-refractivity contribution in [3.8, 4) is 11.8 Å². The van der Waals surface area contributed by atoms with Gasteiger partial charge in [-0.2, -0.15) is 10.2 Å². The summed E-state index contributed by atoms with van der Waals surface area (Å²) in [6.07, 6.45) is 3.62. The van der Waals surface area contributed by atoms with Crippen molar-refractivity contribution >= 4 is 35.3 Å². The molecule has 0 bridgehead atoms. The van der Waals surface area contributed by atoms with Crippen LogP contribution in [0.4, 0.5) is 11.6 Å². The molecule has 0 amide bonds. The summed E-state index contributed by atoms with van der Waals surface area (Å²) in [6.45, 7) is 3.06. The lowest BCUT2D eigenvalue weighted by molar-refractivity contribution is 0.414. The first-order valence-electron chi connectivity index (χ1n) is 9.65. The number of rotatable bonds is 5. The Morgan fingerprint density at radius 3 is 2.57 bits per heavy atom. The highest BCUT2D eigenvalue weighted by Crippen LogP contribution is 2.27. The van der Waals surface area contributed by atoms with Gasteiger partial charge in [0.1, 0.15) is 11.8 Å². The number of methoxy groups -OCH3 is 1. The van der Waals surface area contributed by atoms with Crippen LogP contribution in [0.2, 0.25) is 5.02 Å². The minimum absolute atomic E-state index is 0.297. The highest BCUT2D eigenvalue weighted by molar-refractivity contribution is 6.30. The molecule has 30 heavy (non-hydrogen) atoms. The number of para-hydroxylation sites is 1. The Labute approximate surface area is 180 Å². The third-order valence-corrected chi connectivity index (χ3v) is 5.25. The van der Waals surface area contributed by atoms with Crippen molar-refractivity contribution < 1.29 is 9.15 Å². The molecule has 4 rings (SSSR count). The SMILES string of the molecule is COc1ccccc1/C=C/c1nc(C#N)c(N2CCN(c3cccc(Cl)c3)CC2)o1. The molecule has 1 aromatic heterocycles. The Morgan fingerprint density at radius 2 is 1.83 bits per heavy atom. The van der Waals surface area contributed by atoms with Crippen molar-refractivity contribution in [2.75, 3.05) is 43.1 Å². The van der Waals surface area contributed by atoms with Crippen LogP contribution >= 0.6 is 11.6 Å². The number of aromatic nitrogens is 1. The zero-order valence-corrected chi connectivity index (χ0v) is 17.3. The largest absolute Gasteiger partial charge is 0.496 e. The van der Waals surface area contributed by atoms with E-state index >= 15 is 0 Å². The summed E-state index contributed by atoms with van der Waals surface area (Å²) >= 11 is 6.11. The van der Waals surface area contributed by atoms with Gasteiger partial charge in [0.2, 0.25) is 17.5 Å². The van der Waals surface area contributed by atoms with Crippen molar-refractivity contribution in [1.82, 2.24) is 4.98 Å². The van der Waals surface area contributed by atoms with Crippen LogP contribution in [0.3, 0.4) is 0 Å². The van der Waals surface area contributed by atoms with E-state index in [1.807, 2.05) is 48.5 Å². The normalized spacial score (nSPS) is 14.2. The Morgan fingerprint density at radius 1 is 1.07 bits per heavy atom. The van der Waals surface area contributed by atoms with Crippen molar-refractivity contribution in [2.45, 2.75) is 0 Å². The van der Waals surface area contributed by atoms with Crippen molar-refractivity contribution in [3.63, 3.8) is 0 Å². The fourth-order valence-corrected chi connectivity index (χ4v) is 3.68. The van der Waals surface area contributed by atoms with Crippen LogP contribution in [0, 0.1) is 11.3 Å². The van der Waals surface area contributed by atoms with Gasteiger partial charge < -0.3 is 19.0 Å². The zero-order valence-electron chi connectivity index (χ0n) is 16.6. The van der Waals surface area contributed by atoms with Gasteiger partial charge in [-0.05, 0) is 30.3 Å². The van der Waals surface area contributed by atoms with Crippen molar-refractivity contribution in [2.24, 2.45) is 0 Å². The van der Waals surface area contributed by atoms with E-state index in [9.17, 15) is 5.26 Å². The molecule has 1 fully saturated rings.